The number of nitrogens with two attached hydrogens (primary N) is 1. The number of aliphatic hydroxyl groups excluding tert-OH is 1. The molecule has 0 saturated carbocycles. The van der Waals surface area contributed by atoms with E-state index in [1.165, 1.54) is 0 Å². The van der Waals surface area contributed by atoms with Crippen LogP contribution in [0.2, 0.25) is 0 Å². The third-order valence-electron chi connectivity index (χ3n) is 2.30. The molecule has 0 radical (unpaired) electrons. The first-order valence-corrected chi connectivity index (χ1v) is 6.96. The molecule has 0 aliphatic heterocycles. The van der Waals surface area contributed by atoms with E-state index in [0.29, 0.717) is 0 Å². The Hall–Kier alpha value is -0.980. The van der Waals surface area contributed by atoms with Gasteiger partial charge in [-0.05, 0) is 11.6 Å². The second-order valence-corrected chi connectivity index (χ2v) is 5.97. The van der Waals surface area contributed by atoms with Crippen molar-refractivity contribution in [3.8, 4) is 0 Å². The third-order valence-corrected chi connectivity index (χ3v) is 3.25. The largest absolute Gasteiger partial charge is 0.391 e. The number of sulfone groups is 1. The van der Waals surface area contributed by atoms with E-state index >= 15 is 0 Å². The summed E-state index contributed by atoms with van der Waals surface area (Å²) in [6.45, 7) is 0.183. The summed E-state index contributed by atoms with van der Waals surface area (Å²) in [5, 5.41) is 9.81. The molecule has 1 heterocycles. The van der Waals surface area contributed by atoms with E-state index < -0.39 is 21.9 Å². The normalized spacial score (nSPS) is 15.7. The molecule has 1 aromatic rings. The lowest BCUT2D eigenvalue weighted by molar-refractivity contribution is 0.167. The molecule has 2 atom stereocenters. The molecule has 0 bridgehead atoms. The van der Waals surface area contributed by atoms with Crippen LogP contribution in [0, 0.1) is 0 Å². The van der Waals surface area contributed by atoms with Crippen LogP contribution in [0.3, 0.4) is 0 Å². The minimum atomic E-state index is -3.21. The molecule has 0 spiro atoms. The molecule has 0 fully saturated rings. The van der Waals surface area contributed by atoms with Crippen molar-refractivity contribution >= 4 is 9.84 Å². The fourth-order valence-corrected chi connectivity index (χ4v) is 2.39. The van der Waals surface area contributed by atoms with Gasteiger partial charge in [-0.2, -0.15) is 0 Å². The van der Waals surface area contributed by atoms with Gasteiger partial charge in [-0.25, -0.2) is 8.42 Å². The zero-order valence-electron chi connectivity index (χ0n) is 9.07. The number of aliphatic hydroxyl groups is 1. The van der Waals surface area contributed by atoms with E-state index in [9.17, 15) is 13.5 Å². The van der Waals surface area contributed by atoms with Crippen LogP contribution >= 0.6 is 0 Å². The van der Waals surface area contributed by atoms with Gasteiger partial charge in [-0.3, -0.25) is 4.98 Å². The fourth-order valence-electron chi connectivity index (χ4n) is 1.54. The maximum absolute atomic E-state index is 11.1. The van der Waals surface area contributed by atoms with Crippen molar-refractivity contribution < 1.29 is 13.5 Å². The highest BCUT2D eigenvalue weighted by atomic mass is 32.2. The number of hydrogen-bond acceptors (Lipinski definition) is 5. The van der Waals surface area contributed by atoms with Crippen LogP contribution in [0.25, 0.3) is 0 Å². The van der Waals surface area contributed by atoms with Crippen LogP contribution in [-0.4, -0.2) is 43.2 Å². The zero-order valence-corrected chi connectivity index (χ0v) is 9.89. The van der Waals surface area contributed by atoms with E-state index in [-0.39, 0.29) is 12.3 Å². The molecule has 90 valence electrons. The number of aromatic nitrogens is 1. The molecule has 0 saturated heterocycles. The van der Waals surface area contributed by atoms with Gasteiger partial charge in [-0.1, -0.05) is 6.07 Å². The molecule has 0 aliphatic rings. The maximum atomic E-state index is 11.1. The zero-order chi connectivity index (χ0) is 12.2. The van der Waals surface area contributed by atoms with Gasteiger partial charge in [0.1, 0.15) is 9.84 Å². The number of nitrogens with zero attached hydrogens (tertiary/aromatic N) is 1. The molecule has 0 amide bonds. The van der Waals surface area contributed by atoms with Gasteiger partial charge >= 0.3 is 0 Å². The summed E-state index contributed by atoms with van der Waals surface area (Å²) in [6, 6.07) is 3.50. The van der Waals surface area contributed by atoms with Gasteiger partial charge in [0.15, 0.2) is 0 Å². The molecule has 16 heavy (non-hydrogen) atoms. The van der Waals surface area contributed by atoms with Crippen molar-refractivity contribution in [2.45, 2.75) is 12.0 Å². The maximum Gasteiger partial charge on any atom is 0.150 e. The second kappa shape index (κ2) is 5.38. The average molecular weight is 244 g/mol. The lowest BCUT2D eigenvalue weighted by atomic mass is 9.96. The number of pyridine rings is 1. The summed E-state index contributed by atoms with van der Waals surface area (Å²) in [7, 11) is -3.21. The van der Waals surface area contributed by atoms with Crippen LogP contribution in [0.15, 0.2) is 24.5 Å². The van der Waals surface area contributed by atoms with Gasteiger partial charge in [-0.15, -0.1) is 0 Å². The SMILES string of the molecule is CS(=O)(=O)CC(O)C(CN)c1cccnc1. The minimum absolute atomic E-state index is 0.183. The highest BCUT2D eigenvalue weighted by Crippen LogP contribution is 2.18. The molecule has 0 aromatic carbocycles. The molecule has 6 heteroatoms. The Morgan fingerprint density at radius 1 is 1.56 bits per heavy atom. The van der Waals surface area contributed by atoms with Crippen molar-refractivity contribution in [2.75, 3.05) is 18.6 Å². The Morgan fingerprint density at radius 2 is 2.25 bits per heavy atom. The minimum Gasteiger partial charge on any atom is -0.391 e. The molecule has 1 rings (SSSR count). The first kappa shape index (κ1) is 13.1. The van der Waals surface area contributed by atoms with Gasteiger partial charge in [0.25, 0.3) is 0 Å². The van der Waals surface area contributed by atoms with Crippen LogP contribution < -0.4 is 5.73 Å². The summed E-state index contributed by atoms with van der Waals surface area (Å²) >= 11 is 0. The van der Waals surface area contributed by atoms with Crippen molar-refractivity contribution in [1.82, 2.24) is 4.98 Å². The Labute approximate surface area is 95.2 Å². The van der Waals surface area contributed by atoms with Crippen molar-refractivity contribution in [1.29, 1.82) is 0 Å². The van der Waals surface area contributed by atoms with E-state index in [0.717, 1.165) is 11.8 Å². The Morgan fingerprint density at radius 3 is 2.69 bits per heavy atom. The molecular weight excluding hydrogens is 228 g/mol. The summed E-state index contributed by atoms with van der Waals surface area (Å²) in [6.07, 6.45) is 3.29. The van der Waals surface area contributed by atoms with Gasteiger partial charge in [0, 0.05) is 31.1 Å². The average Bonchev–Trinajstić information content (AvgIpc) is 2.17. The monoisotopic (exact) mass is 244 g/mol. The quantitative estimate of drug-likeness (QED) is 0.730. The highest BCUT2D eigenvalue weighted by Gasteiger charge is 2.23. The van der Waals surface area contributed by atoms with Crippen LogP contribution in [-0.2, 0) is 9.84 Å². The summed E-state index contributed by atoms with van der Waals surface area (Å²) in [5.41, 5.74) is 6.29. The van der Waals surface area contributed by atoms with Crippen molar-refractivity contribution in [2.24, 2.45) is 5.73 Å². The third kappa shape index (κ3) is 3.88. The summed E-state index contributed by atoms with van der Waals surface area (Å²) < 4.78 is 22.2. The van der Waals surface area contributed by atoms with Crippen LogP contribution in [0.5, 0.6) is 0 Å². The first-order chi connectivity index (χ1) is 7.44. The number of rotatable bonds is 5. The van der Waals surface area contributed by atoms with Crippen molar-refractivity contribution in [3.63, 3.8) is 0 Å². The Bertz CT molecular complexity index is 419. The molecular formula is C10H16N2O3S. The van der Waals surface area contributed by atoms with Crippen molar-refractivity contribution in [3.05, 3.63) is 30.1 Å². The summed E-state index contributed by atoms with van der Waals surface area (Å²) in [5.74, 6) is -0.688. The topological polar surface area (TPSA) is 93.3 Å². The predicted molar refractivity (Wildman–Crippen MR) is 61.8 cm³/mol. The van der Waals surface area contributed by atoms with Gasteiger partial charge in [0.2, 0.25) is 0 Å². The lowest BCUT2D eigenvalue weighted by Crippen LogP contribution is -2.31. The smallest absolute Gasteiger partial charge is 0.150 e. The molecule has 3 N–H and O–H groups in total. The predicted octanol–water partition coefficient (Wildman–Crippen LogP) is -0.471. The van der Waals surface area contributed by atoms with E-state index in [1.54, 1.807) is 24.5 Å². The van der Waals surface area contributed by atoms with E-state index in [2.05, 4.69) is 4.98 Å². The Balaban J connectivity index is 2.83. The summed E-state index contributed by atoms with van der Waals surface area (Å²) in [4.78, 5) is 3.92. The van der Waals surface area contributed by atoms with Gasteiger partial charge in [0.05, 0.1) is 11.9 Å². The molecule has 2 unspecified atom stereocenters. The van der Waals surface area contributed by atoms with Crippen LogP contribution in [0.1, 0.15) is 11.5 Å². The molecule has 5 nitrogen and oxygen atoms in total. The fraction of sp³-hybridized carbons (Fsp3) is 0.500. The van der Waals surface area contributed by atoms with E-state index in [1.807, 2.05) is 0 Å². The van der Waals surface area contributed by atoms with Crippen LogP contribution in [0.4, 0.5) is 0 Å². The molecule has 1 aromatic heterocycles. The Kier molecular flexibility index (Phi) is 4.40. The standard InChI is InChI=1S/C10H16N2O3S/c1-16(14,15)7-10(13)9(5-11)8-3-2-4-12-6-8/h2-4,6,9-10,13H,5,7,11H2,1H3. The first-order valence-electron chi connectivity index (χ1n) is 4.90. The number of hydrogen-bond donors (Lipinski definition) is 2. The highest BCUT2D eigenvalue weighted by molar-refractivity contribution is 7.90. The molecule has 0 aliphatic carbocycles. The van der Waals surface area contributed by atoms with E-state index in [4.69, 9.17) is 5.73 Å². The van der Waals surface area contributed by atoms with Gasteiger partial charge < -0.3 is 10.8 Å². The second-order valence-electron chi connectivity index (χ2n) is 3.79. The lowest BCUT2D eigenvalue weighted by Gasteiger charge is -2.20.